The molecule has 0 saturated carbocycles. The normalized spacial score (nSPS) is 11.9. The van der Waals surface area contributed by atoms with Crippen molar-refractivity contribution in [3.63, 3.8) is 0 Å². The van der Waals surface area contributed by atoms with E-state index in [4.69, 9.17) is 10.7 Å². The van der Waals surface area contributed by atoms with Crippen LogP contribution in [0.5, 0.6) is 0 Å². The van der Waals surface area contributed by atoms with Gasteiger partial charge in [-0.15, -0.1) is 11.3 Å². The molecule has 0 radical (unpaired) electrons. The first-order valence-corrected chi connectivity index (χ1v) is 8.56. The molecule has 0 saturated heterocycles. The highest BCUT2D eigenvalue weighted by Crippen LogP contribution is 2.28. The van der Waals surface area contributed by atoms with Crippen molar-refractivity contribution in [2.24, 2.45) is 5.92 Å². The van der Waals surface area contributed by atoms with Crippen molar-refractivity contribution in [1.82, 2.24) is 4.90 Å². The molecule has 0 unspecified atom stereocenters. The molecule has 0 fully saturated rings. The molecule has 1 aromatic rings. The molecule has 0 aliphatic heterocycles. The van der Waals surface area contributed by atoms with Gasteiger partial charge in [0.1, 0.15) is 0 Å². The van der Waals surface area contributed by atoms with Gasteiger partial charge in [0.2, 0.25) is 0 Å². The van der Waals surface area contributed by atoms with E-state index in [0.29, 0.717) is 22.2 Å². The molecule has 1 aromatic heterocycles. The number of hydrogen-bond acceptors (Lipinski definition) is 4. The molecule has 18 heavy (non-hydrogen) atoms. The van der Waals surface area contributed by atoms with Crippen LogP contribution in [0, 0.1) is 12.8 Å². The predicted molar refractivity (Wildman–Crippen MR) is 73.9 cm³/mol. The quantitative estimate of drug-likeness (QED) is 0.804. The van der Waals surface area contributed by atoms with Gasteiger partial charge < -0.3 is 4.90 Å². The highest BCUT2D eigenvalue weighted by molar-refractivity contribution is 8.13. The largest absolute Gasteiger partial charge is 0.341 e. The maximum atomic E-state index is 12.1. The van der Waals surface area contributed by atoms with Gasteiger partial charge in [-0.25, -0.2) is 8.42 Å². The van der Waals surface area contributed by atoms with Crippen LogP contribution >= 0.6 is 22.0 Å². The Morgan fingerprint density at radius 2 is 2.06 bits per heavy atom. The zero-order chi connectivity index (χ0) is 14.1. The van der Waals surface area contributed by atoms with Crippen LogP contribution in [0.15, 0.2) is 11.0 Å². The van der Waals surface area contributed by atoms with E-state index >= 15 is 0 Å². The molecule has 1 amide bonds. The van der Waals surface area contributed by atoms with Crippen molar-refractivity contribution in [3.05, 3.63) is 15.8 Å². The fourth-order valence-electron chi connectivity index (χ4n) is 1.63. The summed E-state index contributed by atoms with van der Waals surface area (Å²) in [6.07, 6.45) is 0. The van der Waals surface area contributed by atoms with E-state index in [2.05, 4.69) is 0 Å². The van der Waals surface area contributed by atoms with Gasteiger partial charge in [-0.2, -0.15) is 0 Å². The van der Waals surface area contributed by atoms with Gasteiger partial charge in [0.25, 0.3) is 15.0 Å². The minimum Gasteiger partial charge on any atom is -0.341 e. The molecule has 1 heterocycles. The molecule has 102 valence electrons. The molecule has 7 heteroatoms. The summed E-state index contributed by atoms with van der Waals surface area (Å²) in [4.78, 5) is 14.6. The van der Waals surface area contributed by atoms with E-state index in [1.807, 2.05) is 13.8 Å². The number of nitrogens with zero attached hydrogens (tertiary/aromatic N) is 1. The predicted octanol–water partition coefficient (Wildman–Crippen LogP) is 2.71. The van der Waals surface area contributed by atoms with Gasteiger partial charge in [-0.3, -0.25) is 4.79 Å². The zero-order valence-electron chi connectivity index (χ0n) is 10.7. The van der Waals surface area contributed by atoms with Gasteiger partial charge in [-0.1, -0.05) is 13.8 Å². The van der Waals surface area contributed by atoms with Gasteiger partial charge in [0.05, 0.1) is 9.77 Å². The van der Waals surface area contributed by atoms with Crippen LogP contribution in [0.2, 0.25) is 0 Å². The van der Waals surface area contributed by atoms with Gasteiger partial charge >= 0.3 is 0 Å². The van der Waals surface area contributed by atoms with Crippen molar-refractivity contribution in [2.75, 3.05) is 13.6 Å². The third kappa shape index (κ3) is 3.70. The smallest absolute Gasteiger partial charge is 0.263 e. The van der Waals surface area contributed by atoms with Crippen molar-refractivity contribution < 1.29 is 13.2 Å². The summed E-state index contributed by atoms with van der Waals surface area (Å²) in [5.74, 6) is 0.180. The lowest BCUT2D eigenvalue weighted by Gasteiger charge is -2.18. The van der Waals surface area contributed by atoms with Crippen LogP contribution in [-0.2, 0) is 9.05 Å². The summed E-state index contributed by atoms with van der Waals surface area (Å²) >= 11 is 1.15. The first-order chi connectivity index (χ1) is 8.12. The Kier molecular flexibility index (Phi) is 4.80. The molecule has 0 atom stereocenters. The van der Waals surface area contributed by atoms with Crippen LogP contribution < -0.4 is 0 Å². The highest BCUT2D eigenvalue weighted by Gasteiger charge is 2.22. The average Bonchev–Trinajstić information content (AvgIpc) is 2.57. The van der Waals surface area contributed by atoms with E-state index in [-0.39, 0.29) is 10.8 Å². The van der Waals surface area contributed by atoms with Crippen molar-refractivity contribution in [3.8, 4) is 0 Å². The molecule has 0 N–H and O–H groups in total. The van der Waals surface area contributed by atoms with Crippen molar-refractivity contribution in [2.45, 2.75) is 25.7 Å². The fourth-order valence-corrected chi connectivity index (χ4v) is 4.29. The molecule has 4 nitrogen and oxygen atoms in total. The summed E-state index contributed by atoms with van der Waals surface area (Å²) in [6, 6.07) is 1.35. The van der Waals surface area contributed by atoms with Gasteiger partial charge in [0.15, 0.2) is 0 Å². The minimum absolute atomic E-state index is 0.0236. The van der Waals surface area contributed by atoms with Crippen LogP contribution in [0.1, 0.15) is 28.4 Å². The Labute approximate surface area is 116 Å². The van der Waals surface area contributed by atoms with Crippen LogP contribution in [0.25, 0.3) is 0 Å². The summed E-state index contributed by atoms with van der Waals surface area (Å²) in [5, 5.41) is 0. The monoisotopic (exact) mass is 309 g/mol. The molecule has 0 aromatic carbocycles. The number of carbonyl (C=O) groups excluding carboxylic acids is 1. The van der Waals surface area contributed by atoms with Crippen LogP contribution in [0.4, 0.5) is 0 Å². The lowest BCUT2D eigenvalue weighted by Crippen LogP contribution is -2.29. The second kappa shape index (κ2) is 5.59. The molecule has 0 aliphatic carbocycles. The molecular weight excluding hydrogens is 294 g/mol. The van der Waals surface area contributed by atoms with E-state index in [0.717, 1.165) is 11.3 Å². The molecular formula is C11H16ClNO3S2. The fraction of sp³-hybridized carbons (Fsp3) is 0.545. The van der Waals surface area contributed by atoms with Gasteiger partial charge in [-0.05, 0) is 18.9 Å². The Morgan fingerprint density at radius 1 is 1.50 bits per heavy atom. The summed E-state index contributed by atoms with van der Waals surface area (Å²) in [6.45, 7) is 6.29. The molecule has 0 bridgehead atoms. The number of thiophene rings is 1. The van der Waals surface area contributed by atoms with E-state index < -0.39 is 9.05 Å². The summed E-state index contributed by atoms with van der Waals surface area (Å²) in [5.41, 5.74) is 0. The summed E-state index contributed by atoms with van der Waals surface area (Å²) in [7, 11) is 3.22. The van der Waals surface area contributed by atoms with E-state index in [9.17, 15) is 13.2 Å². The second-order valence-corrected chi connectivity index (χ2v) is 8.34. The maximum Gasteiger partial charge on any atom is 0.263 e. The number of hydrogen-bond donors (Lipinski definition) is 0. The van der Waals surface area contributed by atoms with Crippen molar-refractivity contribution >= 4 is 37.0 Å². The highest BCUT2D eigenvalue weighted by atomic mass is 35.7. The lowest BCUT2D eigenvalue weighted by molar-refractivity contribution is 0.0784. The molecule has 1 rings (SSSR count). The second-order valence-electron chi connectivity index (χ2n) is 4.55. The average molecular weight is 310 g/mol. The third-order valence-corrected chi connectivity index (χ3v) is 4.95. The maximum absolute atomic E-state index is 12.1. The minimum atomic E-state index is -3.78. The molecule has 0 aliphatic rings. The number of rotatable bonds is 4. The Bertz CT molecular complexity index is 549. The number of aryl methyl sites for hydroxylation is 1. The van der Waals surface area contributed by atoms with Crippen molar-refractivity contribution in [1.29, 1.82) is 0 Å². The third-order valence-electron chi connectivity index (χ3n) is 2.33. The SMILES string of the molecule is Cc1sc(C(=O)N(C)CC(C)C)cc1S(=O)(=O)Cl. The van der Waals surface area contributed by atoms with Gasteiger partial charge in [0, 0.05) is 29.2 Å². The topological polar surface area (TPSA) is 54.5 Å². The zero-order valence-corrected chi connectivity index (χ0v) is 13.1. The first-order valence-electron chi connectivity index (χ1n) is 5.43. The number of amides is 1. The van der Waals surface area contributed by atoms with E-state index in [1.165, 1.54) is 6.07 Å². The Balaban J connectivity index is 3.02. The summed E-state index contributed by atoms with van der Waals surface area (Å²) < 4.78 is 22.6. The van der Waals surface area contributed by atoms with Crippen LogP contribution in [-0.4, -0.2) is 32.8 Å². The Hall–Kier alpha value is -0.590. The lowest BCUT2D eigenvalue weighted by atomic mass is 10.2. The van der Waals surface area contributed by atoms with E-state index in [1.54, 1.807) is 18.9 Å². The Morgan fingerprint density at radius 3 is 2.44 bits per heavy atom. The standard InChI is InChI=1S/C11H16ClNO3S2/c1-7(2)6-13(4)11(14)9-5-10(8(3)17-9)18(12,15)16/h5,7H,6H2,1-4H3. The first kappa shape index (κ1) is 15.5. The number of halogens is 1. The number of carbonyl (C=O) groups is 1. The van der Waals surface area contributed by atoms with Crippen LogP contribution in [0.3, 0.4) is 0 Å². The molecule has 0 spiro atoms.